The standard InChI is InChI=1S/C28H27FN6.ClH/c1-19-26(17-33-35(19)18-20-3-2-4-23(29)13-20)27-16-32-28-25(27)14-22(15-31-28)21-5-7-24(8-6-21)34-11-9-30-10-12-34;/h2-8,13-17,30H,9-12,18H2,1H3,(H,31,32);1H. The van der Waals surface area contributed by atoms with Crippen molar-refractivity contribution in [2.24, 2.45) is 0 Å². The number of aromatic nitrogens is 4. The van der Waals surface area contributed by atoms with Crippen LogP contribution in [0.25, 0.3) is 33.3 Å². The van der Waals surface area contributed by atoms with Gasteiger partial charge in [-0.3, -0.25) is 4.68 Å². The molecule has 0 amide bonds. The number of benzene rings is 2. The Labute approximate surface area is 215 Å². The van der Waals surface area contributed by atoms with Gasteiger partial charge in [-0.05, 0) is 48.4 Å². The molecule has 1 aliphatic rings. The summed E-state index contributed by atoms with van der Waals surface area (Å²) in [5.74, 6) is -0.233. The Bertz CT molecular complexity index is 1480. The summed E-state index contributed by atoms with van der Waals surface area (Å²) in [5, 5.41) is 9.05. The van der Waals surface area contributed by atoms with Crippen molar-refractivity contribution in [2.75, 3.05) is 31.1 Å². The molecule has 36 heavy (non-hydrogen) atoms. The monoisotopic (exact) mass is 502 g/mol. The third-order valence-electron chi connectivity index (χ3n) is 6.83. The van der Waals surface area contributed by atoms with Crippen molar-refractivity contribution < 1.29 is 4.39 Å². The second-order valence-electron chi connectivity index (χ2n) is 9.04. The summed E-state index contributed by atoms with van der Waals surface area (Å²) in [4.78, 5) is 10.4. The van der Waals surface area contributed by atoms with Gasteiger partial charge in [-0.15, -0.1) is 12.4 Å². The van der Waals surface area contributed by atoms with Crippen LogP contribution in [0.5, 0.6) is 0 Å². The number of pyridine rings is 1. The zero-order valence-electron chi connectivity index (χ0n) is 20.0. The third kappa shape index (κ3) is 4.59. The molecule has 0 unspecified atom stereocenters. The van der Waals surface area contributed by atoms with Crippen molar-refractivity contribution in [3.63, 3.8) is 0 Å². The topological polar surface area (TPSA) is 61.8 Å². The molecule has 0 radical (unpaired) electrons. The normalized spacial score (nSPS) is 13.7. The number of hydrogen-bond acceptors (Lipinski definition) is 4. The highest BCUT2D eigenvalue weighted by molar-refractivity contribution is 5.96. The van der Waals surface area contributed by atoms with Crippen molar-refractivity contribution in [1.82, 2.24) is 25.1 Å². The molecule has 6 rings (SSSR count). The number of fused-ring (bicyclic) bond motifs is 1. The van der Waals surface area contributed by atoms with E-state index < -0.39 is 0 Å². The van der Waals surface area contributed by atoms with Crippen molar-refractivity contribution in [1.29, 1.82) is 0 Å². The fourth-order valence-electron chi connectivity index (χ4n) is 4.85. The molecule has 6 nitrogen and oxygen atoms in total. The van der Waals surface area contributed by atoms with Gasteiger partial charge in [0.15, 0.2) is 0 Å². The average molecular weight is 503 g/mol. The van der Waals surface area contributed by atoms with E-state index in [1.165, 1.54) is 11.8 Å². The maximum absolute atomic E-state index is 13.6. The SMILES string of the molecule is Cc1c(-c2c[nH]c3ncc(-c4ccc(N5CCNCC5)cc4)cc23)cnn1Cc1cccc(F)c1.Cl. The lowest BCUT2D eigenvalue weighted by Gasteiger charge is -2.29. The van der Waals surface area contributed by atoms with Crippen LogP contribution in [-0.2, 0) is 6.54 Å². The number of nitrogens with one attached hydrogen (secondary N) is 2. The Balaban J connectivity index is 0.00000267. The van der Waals surface area contributed by atoms with Crippen LogP contribution >= 0.6 is 12.4 Å². The zero-order valence-corrected chi connectivity index (χ0v) is 20.9. The second kappa shape index (κ2) is 10.1. The highest BCUT2D eigenvalue weighted by atomic mass is 35.5. The van der Waals surface area contributed by atoms with Crippen LogP contribution in [0.1, 0.15) is 11.3 Å². The van der Waals surface area contributed by atoms with E-state index in [-0.39, 0.29) is 18.2 Å². The van der Waals surface area contributed by atoms with Crippen LogP contribution in [0.3, 0.4) is 0 Å². The maximum atomic E-state index is 13.6. The molecule has 0 atom stereocenters. The molecule has 4 heterocycles. The molecule has 1 aliphatic heterocycles. The van der Waals surface area contributed by atoms with Gasteiger partial charge in [-0.2, -0.15) is 5.10 Å². The van der Waals surface area contributed by atoms with Gasteiger partial charge in [-0.1, -0.05) is 24.3 Å². The van der Waals surface area contributed by atoms with Crippen molar-refractivity contribution in [3.05, 3.63) is 90.3 Å². The summed E-state index contributed by atoms with van der Waals surface area (Å²) in [5.41, 5.74) is 8.34. The number of H-pyrrole nitrogens is 1. The second-order valence-corrected chi connectivity index (χ2v) is 9.04. The van der Waals surface area contributed by atoms with Gasteiger partial charge in [0.1, 0.15) is 11.5 Å². The first-order chi connectivity index (χ1) is 17.2. The lowest BCUT2D eigenvalue weighted by molar-refractivity contribution is 0.589. The van der Waals surface area contributed by atoms with E-state index in [4.69, 9.17) is 0 Å². The Hall–Kier alpha value is -3.68. The number of aromatic amines is 1. The molecule has 5 aromatic rings. The minimum Gasteiger partial charge on any atom is -0.369 e. The molecule has 2 aromatic carbocycles. The molecule has 8 heteroatoms. The van der Waals surface area contributed by atoms with E-state index in [9.17, 15) is 4.39 Å². The molecule has 0 aliphatic carbocycles. The number of anilines is 1. The van der Waals surface area contributed by atoms with Gasteiger partial charge in [0, 0.05) is 72.0 Å². The number of rotatable bonds is 5. The number of piperazine rings is 1. The average Bonchev–Trinajstić information content (AvgIpc) is 3.47. The predicted molar refractivity (Wildman–Crippen MR) is 145 cm³/mol. The maximum Gasteiger partial charge on any atom is 0.137 e. The largest absolute Gasteiger partial charge is 0.369 e. The predicted octanol–water partition coefficient (Wildman–Crippen LogP) is 5.42. The van der Waals surface area contributed by atoms with Gasteiger partial charge >= 0.3 is 0 Å². The molecule has 0 spiro atoms. The molecule has 0 bridgehead atoms. The minimum absolute atomic E-state index is 0. The summed E-state index contributed by atoms with van der Waals surface area (Å²) < 4.78 is 15.5. The Morgan fingerprint density at radius 2 is 1.75 bits per heavy atom. The Morgan fingerprint density at radius 3 is 2.53 bits per heavy atom. The summed E-state index contributed by atoms with van der Waals surface area (Å²) in [6, 6.07) is 17.6. The summed E-state index contributed by atoms with van der Waals surface area (Å²) in [6.07, 6.45) is 5.79. The van der Waals surface area contributed by atoms with Crippen LogP contribution in [0.2, 0.25) is 0 Å². The summed E-state index contributed by atoms with van der Waals surface area (Å²) in [7, 11) is 0. The molecular formula is C28H28ClFN6. The van der Waals surface area contributed by atoms with Crippen molar-refractivity contribution in [3.8, 4) is 22.3 Å². The lowest BCUT2D eigenvalue weighted by Crippen LogP contribution is -2.43. The van der Waals surface area contributed by atoms with Gasteiger partial charge in [0.2, 0.25) is 0 Å². The van der Waals surface area contributed by atoms with E-state index in [1.807, 2.05) is 36.3 Å². The van der Waals surface area contributed by atoms with Crippen LogP contribution in [0.4, 0.5) is 10.1 Å². The fraction of sp³-hybridized carbons (Fsp3) is 0.214. The van der Waals surface area contributed by atoms with Gasteiger partial charge in [0.25, 0.3) is 0 Å². The van der Waals surface area contributed by atoms with Gasteiger partial charge in [-0.25, -0.2) is 9.37 Å². The van der Waals surface area contributed by atoms with Crippen LogP contribution < -0.4 is 10.2 Å². The van der Waals surface area contributed by atoms with Crippen molar-refractivity contribution >= 4 is 29.1 Å². The molecule has 184 valence electrons. The fourth-order valence-corrected chi connectivity index (χ4v) is 4.85. The molecule has 0 saturated carbocycles. The first-order valence-corrected chi connectivity index (χ1v) is 12.0. The first-order valence-electron chi connectivity index (χ1n) is 12.0. The number of nitrogens with zero attached hydrogens (tertiary/aromatic N) is 4. The molecule has 1 fully saturated rings. The number of hydrogen-bond donors (Lipinski definition) is 2. The smallest absolute Gasteiger partial charge is 0.137 e. The summed E-state index contributed by atoms with van der Waals surface area (Å²) in [6.45, 7) is 6.69. The van der Waals surface area contributed by atoms with E-state index in [2.05, 4.69) is 55.6 Å². The molecular weight excluding hydrogens is 475 g/mol. The van der Waals surface area contributed by atoms with Crippen LogP contribution in [0.15, 0.2) is 73.2 Å². The third-order valence-corrected chi connectivity index (χ3v) is 6.83. The Kier molecular flexibility index (Phi) is 6.76. The van der Waals surface area contributed by atoms with E-state index >= 15 is 0 Å². The zero-order chi connectivity index (χ0) is 23.8. The first kappa shape index (κ1) is 24.0. The van der Waals surface area contributed by atoms with E-state index in [0.717, 1.165) is 70.7 Å². The quantitative estimate of drug-likeness (QED) is 0.337. The van der Waals surface area contributed by atoms with Gasteiger partial charge < -0.3 is 15.2 Å². The van der Waals surface area contributed by atoms with E-state index in [0.29, 0.717) is 6.54 Å². The van der Waals surface area contributed by atoms with Crippen LogP contribution in [0, 0.1) is 12.7 Å². The lowest BCUT2D eigenvalue weighted by atomic mass is 10.0. The van der Waals surface area contributed by atoms with Crippen molar-refractivity contribution in [2.45, 2.75) is 13.5 Å². The van der Waals surface area contributed by atoms with Gasteiger partial charge in [0.05, 0.1) is 12.7 Å². The van der Waals surface area contributed by atoms with Crippen LogP contribution in [-0.4, -0.2) is 45.9 Å². The number of halogens is 2. The molecule has 3 aromatic heterocycles. The minimum atomic E-state index is -0.233. The highest BCUT2D eigenvalue weighted by Gasteiger charge is 2.15. The Morgan fingerprint density at radius 1 is 0.944 bits per heavy atom. The highest BCUT2D eigenvalue weighted by Crippen LogP contribution is 2.33. The summed E-state index contributed by atoms with van der Waals surface area (Å²) >= 11 is 0. The molecule has 2 N–H and O–H groups in total. The van der Waals surface area contributed by atoms with E-state index in [1.54, 1.807) is 12.1 Å². The molecule has 1 saturated heterocycles.